The van der Waals surface area contributed by atoms with Gasteiger partial charge >= 0.3 is 0 Å². The molecular weight excluding hydrogens is 351 g/mol. The van der Waals surface area contributed by atoms with Crippen LogP contribution in [0.15, 0.2) is 54.6 Å². The lowest BCUT2D eigenvalue weighted by molar-refractivity contribution is 0.624. The summed E-state index contributed by atoms with van der Waals surface area (Å²) in [6, 6.07) is 17.0. The number of hydrogen-bond donors (Lipinski definition) is 0. The van der Waals surface area contributed by atoms with Crippen molar-refractivity contribution in [1.82, 2.24) is 0 Å². The van der Waals surface area contributed by atoms with Crippen LogP contribution in [-0.2, 0) is 0 Å². The number of hydrogen-bond acceptors (Lipinski definition) is 0. The molecule has 0 fully saturated rings. The first kappa shape index (κ1) is 14.6. The average Bonchev–Trinajstić information content (AvgIpc) is 2.46. The van der Waals surface area contributed by atoms with Crippen LogP contribution in [0.4, 0.5) is 4.39 Å². The van der Waals surface area contributed by atoms with Crippen molar-refractivity contribution < 1.29 is 4.39 Å². The van der Waals surface area contributed by atoms with Crippen LogP contribution in [0.1, 0.15) is 21.5 Å². The Labute approximate surface area is 136 Å². The van der Waals surface area contributed by atoms with Crippen molar-refractivity contribution in [3.8, 4) is 0 Å². The second-order valence-corrected chi connectivity index (χ2v) is 6.43. The minimum absolute atomic E-state index is 0.0749. The lowest BCUT2D eigenvalue weighted by Gasteiger charge is -2.15. The molecule has 0 saturated carbocycles. The highest BCUT2D eigenvalue weighted by molar-refractivity contribution is 9.09. The average molecular weight is 364 g/mol. The topological polar surface area (TPSA) is 0 Å². The molecule has 21 heavy (non-hydrogen) atoms. The molecule has 3 aromatic carbocycles. The van der Waals surface area contributed by atoms with Crippen LogP contribution >= 0.6 is 27.5 Å². The molecule has 0 amide bonds. The number of aryl methyl sites for hydroxylation is 1. The third-order valence-electron chi connectivity index (χ3n) is 3.53. The van der Waals surface area contributed by atoms with Gasteiger partial charge in [-0.05, 0) is 47.2 Å². The largest absolute Gasteiger partial charge is 0.207 e. The summed E-state index contributed by atoms with van der Waals surface area (Å²) in [7, 11) is 0. The van der Waals surface area contributed by atoms with Gasteiger partial charge in [0.05, 0.1) is 4.83 Å². The van der Waals surface area contributed by atoms with Gasteiger partial charge in [0.15, 0.2) is 0 Å². The number of halogens is 3. The van der Waals surface area contributed by atoms with Crippen molar-refractivity contribution in [3.63, 3.8) is 0 Å². The van der Waals surface area contributed by atoms with Gasteiger partial charge in [0, 0.05) is 10.4 Å². The molecule has 1 unspecified atom stereocenters. The van der Waals surface area contributed by atoms with E-state index in [0.717, 1.165) is 32.5 Å². The molecule has 0 nitrogen and oxygen atoms in total. The molecule has 0 aromatic heterocycles. The van der Waals surface area contributed by atoms with Gasteiger partial charge in [0.25, 0.3) is 0 Å². The normalized spacial score (nSPS) is 12.6. The van der Waals surface area contributed by atoms with E-state index in [1.165, 1.54) is 6.07 Å². The van der Waals surface area contributed by atoms with E-state index in [-0.39, 0.29) is 10.6 Å². The monoisotopic (exact) mass is 362 g/mol. The predicted octanol–water partition coefficient (Wildman–Crippen LogP) is 6.43. The van der Waals surface area contributed by atoms with Crippen molar-refractivity contribution >= 4 is 38.3 Å². The molecule has 0 radical (unpaired) electrons. The summed E-state index contributed by atoms with van der Waals surface area (Å²) in [6.07, 6.45) is 0. The molecule has 0 saturated heterocycles. The second-order valence-electron chi connectivity index (χ2n) is 5.11. The summed E-state index contributed by atoms with van der Waals surface area (Å²) >= 11 is 9.95. The van der Waals surface area contributed by atoms with Crippen molar-refractivity contribution in [3.05, 3.63) is 82.1 Å². The SMILES string of the molecule is Cc1cc(F)cc(C(Br)c2ccc(Cl)c3ccccc23)c1. The zero-order valence-corrected chi connectivity index (χ0v) is 13.7. The summed E-state index contributed by atoms with van der Waals surface area (Å²) in [4.78, 5) is -0.0749. The van der Waals surface area contributed by atoms with Gasteiger partial charge in [-0.1, -0.05) is 63.9 Å². The second kappa shape index (κ2) is 5.78. The van der Waals surface area contributed by atoms with Crippen LogP contribution in [0.3, 0.4) is 0 Å². The van der Waals surface area contributed by atoms with Crippen molar-refractivity contribution in [1.29, 1.82) is 0 Å². The van der Waals surface area contributed by atoms with Crippen molar-refractivity contribution in [2.45, 2.75) is 11.8 Å². The third kappa shape index (κ3) is 2.83. The molecule has 1 atom stereocenters. The molecule has 0 aliphatic heterocycles. The fraction of sp³-hybridized carbons (Fsp3) is 0.111. The first-order valence-electron chi connectivity index (χ1n) is 6.64. The lowest BCUT2D eigenvalue weighted by atomic mass is 9.97. The summed E-state index contributed by atoms with van der Waals surface area (Å²) in [5.41, 5.74) is 2.90. The van der Waals surface area contributed by atoms with Gasteiger partial charge < -0.3 is 0 Å². The maximum atomic E-state index is 13.6. The highest BCUT2D eigenvalue weighted by Gasteiger charge is 2.15. The number of rotatable bonds is 2. The fourth-order valence-corrected chi connectivity index (χ4v) is 3.49. The minimum Gasteiger partial charge on any atom is -0.207 e. The molecular formula is C18H13BrClF. The Balaban J connectivity index is 2.18. The van der Waals surface area contributed by atoms with E-state index in [9.17, 15) is 4.39 Å². The Morgan fingerprint density at radius 2 is 1.71 bits per heavy atom. The summed E-state index contributed by atoms with van der Waals surface area (Å²) in [5.74, 6) is -0.215. The quantitative estimate of drug-likeness (QED) is 0.460. The maximum absolute atomic E-state index is 13.6. The molecule has 3 rings (SSSR count). The first-order valence-corrected chi connectivity index (χ1v) is 7.94. The number of benzene rings is 3. The van der Waals surface area contributed by atoms with Crippen molar-refractivity contribution in [2.24, 2.45) is 0 Å². The predicted molar refractivity (Wildman–Crippen MR) is 90.9 cm³/mol. The Hall–Kier alpha value is -1.38. The van der Waals surface area contributed by atoms with E-state index >= 15 is 0 Å². The van der Waals surface area contributed by atoms with E-state index in [4.69, 9.17) is 11.6 Å². The van der Waals surface area contributed by atoms with Crippen LogP contribution in [0.5, 0.6) is 0 Å². The molecule has 106 valence electrons. The highest BCUT2D eigenvalue weighted by atomic mass is 79.9. The van der Waals surface area contributed by atoms with E-state index in [1.807, 2.05) is 49.4 Å². The minimum atomic E-state index is -0.215. The first-order chi connectivity index (χ1) is 10.1. The summed E-state index contributed by atoms with van der Waals surface area (Å²) in [6.45, 7) is 1.90. The van der Waals surface area contributed by atoms with Gasteiger partial charge in [0.2, 0.25) is 0 Å². The van der Waals surface area contributed by atoms with E-state index in [0.29, 0.717) is 0 Å². The molecule has 0 spiro atoms. The van der Waals surface area contributed by atoms with Crippen LogP contribution in [0.25, 0.3) is 10.8 Å². The zero-order chi connectivity index (χ0) is 15.0. The zero-order valence-electron chi connectivity index (χ0n) is 11.4. The van der Waals surface area contributed by atoms with Crippen LogP contribution in [-0.4, -0.2) is 0 Å². The molecule has 0 N–H and O–H groups in total. The lowest BCUT2D eigenvalue weighted by Crippen LogP contribution is -1.96. The summed E-state index contributed by atoms with van der Waals surface area (Å²) < 4.78 is 13.6. The van der Waals surface area contributed by atoms with Gasteiger partial charge in [-0.25, -0.2) is 4.39 Å². The highest BCUT2D eigenvalue weighted by Crippen LogP contribution is 2.38. The van der Waals surface area contributed by atoms with Gasteiger partial charge in [-0.3, -0.25) is 0 Å². The molecule has 0 aliphatic rings. The molecule has 0 heterocycles. The number of alkyl halides is 1. The van der Waals surface area contributed by atoms with Gasteiger partial charge in [-0.15, -0.1) is 0 Å². The molecule has 3 aromatic rings. The Kier molecular flexibility index (Phi) is 4.01. The van der Waals surface area contributed by atoms with Crippen LogP contribution in [0, 0.1) is 12.7 Å². The smallest absolute Gasteiger partial charge is 0.123 e. The van der Waals surface area contributed by atoms with Crippen LogP contribution in [0.2, 0.25) is 5.02 Å². The maximum Gasteiger partial charge on any atom is 0.123 e. The number of fused-ring (bicyclic) bond motifs is 1. The Bertz CT molecular complexity index is 793. The van der Waals surface area contributed by atoms with E-state index < -0.39 is 0 Å². The fourth-order valence-electron chi connectivity index (χ4n) is 2.60. The molecule has 3 heteroatoms. The summed E-state index contributed by atoms with van der Waals surface area (Å²) in [5, 5.41) is 2.81. The third-order valence-corrected chi connectivity index (χ3v) is 4.89. The van der Waals surface area contributed by atoms with Gasteiger partial charge in [0.1, 0.15) is 5.82 Å². The molecule has 0 bridgehead atoms. The standard InChI is InChI=1S/C18H13BrClF/c1-11-8-12(10-13(21)9-11)18(19)16-6-7-17(20)15-5-3-2-4-14(15)16/h2-10,18H,1H3. The van der Waals surface area contributed by atoms with E-state index in [1.54, 1.807) is 6.07 Å². The Morgan fingerprint density at radius 3 is 2.43 bits per heavy atom. The van der Waals surface area contributed by atoms with Gasteiger partial charge in [-0.2, -0.15) is 0 Å². The van der Waals surface area contributed by atoms with Crippen molar-refractivity contribution in [2.75, 3.05) is 0 Å². The molecule has 0 aliphatic carbocycles. The van der Waals surface area contributed by atoms with Crippen LogP contribution < -0.4 is 0 Å². The van der Waals surface area contributed by atoms with E-state index in [2.05, 4.69) is 15.9 Å². The Morgan fingerprint density at radius 1 is 1.00 bits per heavy atom.